The molecule has 3 rings (SSSR count). The topological polar surface area (TPSA) is 64.1 Å². The molecule has 1 heterocycles. The van der Waals surface area contributed by atoms with Crippen LogP contribution in [0.4, 0.5) is 11.4 Å². The van der Waals surface area contributed by atoms with Gasteiger partial charge in [-0.05, 0) is 42.3 Å². The van der Waals surface area contributed by atoms with Gasteiger partial charge in [0.05, 0.1) is 11.4 Å². The maximum Gasteiger partial charge on any atom is 0.181 e. The van der Waals surface area contributed by atoms with Gasteiger partial charge in [0.25, 0.3) is 0 Å². The van der Waals surface area contributed by atoms with Gasteiger partial charge in [0.15, 0.2) is 12.0 Å². The lowest BCUT2D eigenvalue weighted by Gasteiger charge is -2.09. The number of anilines is 2. The van der Waals surface area contributed by atoms with Crippen LogP contribution in [-0.4, -0.2) is 11.5 Å². The van der Waals surface area contributed by atoms with Crippen molar-refractivity contribution in [3.05, 3.63) is 52.8 Å². The molecule has 0 radical (unpaired) electrons. The van der Waals surface area contributed by atoms with E-state index in [1.807, 2.05) is 30.3 Å². The number of aromatic nitrogens is 1. The van der Waals surface area contributed by atoms with Gasteiger partial charge in [-0.1, -0.05) is 22.0 Å². The van der Waals surface area contributed by atoms with Crippen LogP contribution >= 0.6 is 15.9 Å². The fraction of sp³-hybridized carbons (Fsp3) is 0.133. The van der Waals surface area contributed by atoms with Crippen LogP contribution in [0.3, 0.4) is 0 Å². The number of nitrogens with two attached hydrogens (primary N) is 1. The Hall–Kier alpha value is -2.01. The van der Waals surface area contributed by atoms with E-state index < -0.39 is 0 Å². The molecule has 2 aromatic carbocycles. The normalized spacial score (nSPS) is 10.8. The van der Waals surface area contributed by atoms with Crippen LogP contribution in [0.1, 0.15) is 5.56 Å². The van der Waals surface area contributed by atoms with Crippen LogP contribution in [-0.2, 0) is 6.42 Å². The van der Waals surface area contributed by atoms with Crippen molar-refractivity contribution < 1.29 is 4.42 Å². The maximum absolute atomic E-state index is 5.95. The lowest BCUT2D eigenvalue weighted by Crippen LogP contribution is -2.06. The molecular formula is C15H14BrN3O. The quantitative estimate of drug-likeness (QED) is 0.713. The van der Waals surface area contributed by atoms with E-state index in [9.17, 15) is 0 Å². The van der Waals surface area contributed by atoms with Gasteiger partial charge >= 0.3 is 0 Å². The Balaban J connectivity index is 1.64. The molecule has 0 aliphatic rings. The van der Waals surface area contributed by atoms with Crippen molar-refractivity contribution in [2.75, 3.05) is 17.6 Å². The van der Waals surface area contributed by atoms with Gasteiger partial charge in [0, 0.05) is 11.0 Å². The average Bonchev–Trinajstić information content (AvgIpc) is 2.89. The Morgan fingerprint density at radius 2 is 2.10 bits per heavy atom. The summed E-state index contributed by atoms with van der Waals surface area (Å²) in [5, 5.41) is 3.34. The van der Waals surface area contributed by atoms with E-state index in [0.29, 0.717) is 0 Å². The SMILES string of the molecule is Nc1cc(Br)ccc1NCCc1ccc2ncoc2c1. The molecule has 0 fully saturated rings. The third-order valence-electron chi connectivity index (χ3n) is 3.14. The van der Waals surface area contributed by atoms with Crippen LogP contribution in [0.15, 0.2) is 51.7 Å². The summed E-state index contributed by atoms with van der Waals surface area (Å²) < 4.78 is 6.28. The molecule has 3 aromatic rings. The van der Waals surface area contributed by atoms with Crippen LogP contribution in [0.25, 0.3) is 11.1 Å². The highest BCUT2D eigenvalue weighted by molar-refractivity contribution is 9.10. The highest BCUT2D eigenvalue weighted by atomic mass is 79.9. The van der Waals surface area contributed by atoms with E-state index >= 15 is 0 Å². The van der Waals surface area contributed by atoms with Crippen molar-refractivity contribution in [3.63, 3.8) is 0 Å². The lowest BCUT2D eigenvalue weighted by molar-refractivity contribution is 0.601. The zero-order valence-electron chi connectivity index (χ0n) is 10.8. The second-order valence-electron chi connectivity index (χ2n) is 4.56. The van der Waals surface area contributed by atoms with Gasteiger partial charge in [-0.3, -0.25) is 0 Å². The summed E-state index contributed by atoms with van der Waals surface area (Å²) >= 11 is 3.40. The summed E-state index contributed by atoms with van der Waals surface area (Å²) in [7, 11) is 0. The molecule has 0 atom stereocenters. The molecule has 102 valence electrons. The number of nitrogens with one attached hydrogen (secondary N) is 1. The van der Waals surface area contributed by atoms with Crippen molar-refractivity contribution in [1.29, 1.82) is 0 Å². The van der Waals surface area contributed by atoms with Gasteiger partial charge in [-0.15, -0.1) is 0 Å². The zero-order valence-corrected chi connectivity index (χ0v) is 12.4. The zero-order chi connectivity index (χ0) is 13.9. The van der Waals surface area contributed by atoms with Crippen LogP contribution in [0.5, 0.6) is 0 Å². The van der Waals surface area contributed by atoms with Crippen molar-refractivity contribution in [1.82, 2.24) is 4.98 Å². The fourth-order valence-corrected chi connectivity index (χ4v) is 2.47. The molecule has 0 spiro atoms. The van der Waals surface area contributed by atoms with Crippen LogP contribution in [0.2, 0.25) is 0 Å². The Kier molecular flexibility index (Phi) is 3.60. The highest BCUT2D eigenvalue weighted by Crippen LogP contribution is 2.23. The number of oxazole rings is 1. The number of rotatable bonds is 4. The number of halogens is 1. The fourth-order valence-electron chi connectivity index (χ4n) is 2.09. The molecule has 4 nitrogen and oxygen atoms in total. The Labute approximate surface area is 125 Å². The minimum absolute atomic E-state index is 0.741. The number of hydrogen-bond donors (Lipinski definition) is 2. The summed E-state index contributed by atoms with van der Waals surface area (Å²) in [6.07, 6.45) is 2.36. The Morgan fingerprint density at radius 1 is 1.20 bits per heavy atom. The van der Waals surface area contributed by atoms with Crippen molar-refractivity contribution in [2.24, 2.45) is 0 Å². The lowest BCUT2D eigenvalue weighted by atomic mass is 10.1. The summed E-state index contributed by atoms with van der Waals surface area (Å²) in [4.78, 5) is 4.10. The van der Waals surface area contributed by atoms with Gasteiger partial charge < -0.3 is 15.5 Å². The predicted octanol–water partition coefficient (Wildman–Crippen LogP) is 3.83. The number of benzene rings is 2. The first-order valence-electron chi connectivity index (χ1n) is 6.33. The molecule has 0 unspecified atom stereocenters. The minimum Gasteiger partial charge on any atom is -0.443 e. The summed E-state index contributed by atoms with van der Waals surface area (Å²) in [6.45, 7) is 0.811. The average molecular weight is 332 g/mol. The largest absolute Gasteiger partial charge is 0.443 e. The summed E-state index contributed by atoms with van der Waals surface area (Å²) in [5.74, 6) is 0. The Morgan fingerprint density at radius 3 is 2.95 bits per heavy atom. The van der Waals surface area contributed by atoms with Crippen LogP contribution in [0, 0.1) is 0 Å². The smallest absolute Gasteiger partial charge is 0.181 e. The number of nitrogen functional groups attached to an aromatic ring is 1. The van der Waals surface area contributed by atoms with E-state index in [0.717, 1.165) is 39.9 Å². The molecule has 0 amide bonds. The molecule has 3 N–H and O–H groups in total. The third kappa shape index (κ3) is 2.77. The molecule has 5 heteroatoms. The number of nitrogens with zero attached hydrogens (tertiary/aromatic N) is 1. The first-order chi connectivity index (χ1) is 9.72. The van der Waals surface area contributed by atoms with E-state index in [2.05, 4.69) is 32.3 Å². The molecular weight excluding hydrogens is 318 g/mol. The number of hydrogen-bond acceptors (Lipinski definition) is 4. The molecule has 0 aliphatic carbocycles. The van der Waals surface area contributed by atoms with E-state index in [1.165, 1.54) is 12.0 Å². The monoisotopic (exact) mass is 331 g/mol. The predicted molar refractivity (Wildman–Crippen MR) is 84.8 cm³/mol. The first-order valence-corrected chi connectivity index (χ1v) is 7.13. The summed E-state index contributed by atoms with van der Waals surface area (Å²) in [5.41, 5.74) is 10.6. The molecule has 1 aromatic heterocycles. The van der Waals surface area contributed by atoms with E-state index in [4.69, 9.17) is 10.2 Å². The van der Waals surface area contributed by atoms with Crippen LogP contribution < -0.4 is 11.1 Å². The van der Waals surface area contributed by atoms with Gasteiger partial charge in [0.2, 0.25) is 0 Å². The third-order valence-corrected chi connectivity index (χ3v) is 3.63. The van der Waals surface area contributed by atoms with Gasteiger partial charge in [-0.25, -0.2) is 4.98 Å². The molecule has 0 aliphatic heterocycles. The molecule has 20 heavy (non-hydrogen) atoms. The second-order valence-corrected chi connectivity index (χ2v) is 5.48. The van der Waals surface area contributed by atoms with E-state index in [-0.39, 0.29) is 0 Å². The molecule has 0 bridgehead atoms. The van der Waals surface area contributed by atoms with Crippen molar-refractivity contribution in [3.8, 4) is 0 Å². The highest BCUT2D eigenvalue weighted by Gasteiger charge is 2.02. The van der Waals surface area contributed by atoms with Gasteiger partial charge in [0.1, 0.15) is 5.52 Å². The van der Waals surface area contributed by atoms with E-state index in [1.54, 1.807) is 0 Å². The minimum atomic E-state index is 0.741. The summed E-state index contributed by atoms with van der Waals surface area (Å²) in [6, 6.07) is 11.9. The van der Waals surface area contributed by atoms with Crippen molar-refractivity contribution >= 4 is 38.4 Å². The second kappa shape index (κ2) is 5.54. The Bertz CT molecular complexity index is 739. The molecule has 0 saturated heterocycles. The van der Waals surface area contributed by atoms with Gasteiger partial charge in [-0.2, -0.15) is 0 Å². The number of fused-ring (bicyclic) bond motifs is 1. The van der Waals surface area contributed by atoms with Crippen molar-refractivity contribution in [2.45, 2.75) is 6.42 Å². The maximum atomic E-state index is 5.95. The molecule has 0 saturated carbocycles. The standard InChI is InChI=1S/C15H14BrN3O/c16-11-2-4-13(12(17)8-11)18-6-5-10-1-3-14-15(7-10)20-9-19-14/h1-4,7-9,18H,5-6,17H2. The first kappa shape index (κ1) is 13.0.